The predicted octanol–water partition coefficient (Wildman–Crippen LogP) is 5.51. The quantitative estimate of drug-likeness (QED) is 0.431. The molecule has 0 spiro atoms. The van der Waals surface area contributed by atoms with Crippen LogP contribution in [0.4, 0.5) is 4.39 Å². The third kappa shape index (κ3) is 3.36. The second-order valence-corrected chi connectivity index (χ2v) is 7.75. The van der Waals surface area contributed by atoms with Crippen molar-refractivity contribution in [2.45, 2.75) is 37.2 Å². The van der Waals surface area contributed by atoms with Gasteiger partial charge >= 0.3 is 0 Å². The first-order chi connectivity index (χ1) is 11.5. The highest BCUT2D eigenvalue weighted by Gasteiger charge is 2.17. The smallest absolute Gasteiger partial charge is 0.272 e. The molecule has 0 saturated heterocycles. The van der Waals surface area contributed by atoms with Crippen molar-refractivity contribution in [1.29, 1.82) is 0 Å². The Labute approximate surface area is 152 Å². The lowest BCUT2D eigenvalue weighted by atomic mass is 10.2. The van der Waals surface area contributed by atoms with Crippen LogP contribution >= 0.6 is 34.7 Å². The van der Waals surface area contributed by atoms with E-state index in [1.165, 1.54) is 35.2 Å². The maximum atomic E-state index is 13.2. The maximum Gasteiger partial charge on any atom is 0.272 e. The number of hydrogen-bond donors (Lipinski definition) is 0. The van der Waals surface area contributed by atoms with Gasteiger partial charge in [0.05, 0.1) is 5.52 Å². The van der Waals surface area contributed by atoms with Crippen LogP contribution in [0, 0.1) is 5.82 Å². The van der Waals surface area contributed by atoms with Gasteiger partial charge in [0.25, 0.3) is 5.56 Å². The van der Waals surface area contributed by atoms with Crippen molar-refractivity contribution in [3.63, 3.8) is 0 Å². The minimum Gasteiger partial charge on any atom is -0.284 e. The Hall–Kier alpha value is -1.37. The summed E-state index contributed by atoms with van der Waals surface area (Å²) in [7, 11) is 0. The topological polar surface area (TPSA) is 34.9 Å². The second-order valence-electron chi connectivity index (χ2n) is 5.49. The number of nitrogens with zero attached hydrogens (tertiary/aromatic N) is 2. The number of halogens is 2. The van der Waals surface area contributed by atoms with Crippen LogP contribution in [-0.2, 0) is 5.75 Å². The molecule has 0 aliphatic carbocycles. The van der Waals surface area contributed by atoms with E-state index >= 15 is 0 Å². The van der Waals surface area contributed by atoms with Crippen molar-refractivity contribution < 1.29 is 4.39 Å². The Balaban J connectivity index is 2.00. The molecule has 1 atom stereocenters. The Morgan fingerprint density at radius 2 is 2.21 bits per heavy atom. The van der Waals surface area contributed by atoms with Gasteiger partial charge in [0.1, 0.15) is 10.5 Å². The summed E-state index contributed by atoms with van der Waals surface area (Å²) in [6.07, 6.45) is 0.837. The molecule has 3 aromatic rings. The molecule has 2 aromatic heterocycles. The van der Waals surface area contributed by atoms with Gasteiger partial charge < -0.3 is 0 Å². The number of thiophene rings is 1. The van der Waals surface area contributed by atoms with Crippen molar-refractivity contribution in [2.24, 2.45) is 0 Å². The summed E-state index contributed by atoms with van der Waals surface area (Å²) in [6.45, 7) is 4.05. The number of benzene rings is 1. The van der Waals surface area contributed by atoms with E-state index in [4.69, 9.17) is 11.6 Å². The van der Waals surface area contributed by atoms with E-state index in [-0.39, 0.29) is 17.4 Å². The SMILES string of the molecule is CC[C@H](C)n1c(SCc2ccc(F)cc2Cl)nc2ccsc2c1=O. The van der Waals surface area contributed by atoms with Crippen molar-refractivity contribution >= 4 is 44.9 Å². The third-order valence-corrected chi connectivity index (χ3v) is 6.13. The zero-order chi connectivity index (χ0) is 17.3. The van der Waals surface area contributed by atoms with Crippen LogP contribution in [0.5, 0.6) is 0 Å². The Morgan fingerprint density at radius 3 is 2.92 bits per heavy atom. The van der Waals surface area contributed by atoms with Gasteiger partial charge in [-0.15, -0.1) is 11.3 Å². The molecule has 0 amide bonds. The number of hydrogen-bond acceptors (Lipinski definition) is 4. The van der Waals surface area contributed by atoms with E-state index in [0.717, 1.165) is 17.5 Å². The number of fused-ring (bicyclic) bond motifs is 1. The van der Waals surface area contributed by atoms with Gasteiger partial charge in [0.2, 0.25) is 0 Å². The molecule has 0 unspecified atom stereocenters. The van der Waals surface area contributed by atoms with E-state index < -0.39 is 0 Å². The molecule has 3 nitrogen and oxygen atoms in total. The molecule has 1 aromatic carbocycles. The molecule has 24 heavy (non-hydrogen) atoms. The monoisotopic (exact) mass is 382 g/mol. The maximum absolute atomic E-state index is 13.2. The predicted molar refractivity (Wildman–Crippen MR) is 99.9 cm³/mol. The fourth-order valence-corrected chi connectivity index (χ4v) is 4.54. The molecule has 126 valence electrons. The highest BCUT2D eigenvalue weighted by molar-refractivity contribution is 7.98. The molecule has 0 saturated carbocycles. The highest BCUT2D eigenvalue weighted by Crippen LogP contribution is 2.29. The van der Waals surface area contributed by atoms with Crippen molar-refractivity contribution in [1.82, 2.24) is 9.55 Å². The van der Waals surface area contributed by atoms with Gasteiger partial charge in [0, 0.05) is 16.8 Å². The largest absolute Gasteiger partial charge is 0.284 e. The van der Waals surface area contributed by atoms with Crippen LogP contribution in [0.15, 0.2) is 39.6 Å². The third-order valence-electron chi connectivity index (χ3n) is 3.88. The summed E-state index contributed by atoms with van der Waals surface area (Å²) in [5.41, 5.74) is 1.53. The lowest BCUT2D eigenvalue weighted by molar-refractivity contribution is 0.468. The van der Waals surface area contributed by atoms with Crippen molar-refractivity contribution in [3.8, 4) is 0 Å². The molecule has 2 heterocycles. The molecule has 7 heteroatoms. The van der Waals surface area contributed by atoms with Crippen molar-refractivity contribution in [3.05, 3.63) is 56.4 Å². The summed E-state index contributed by atoms with van der Waals surface area (Å²) in [6, 6.07) is 6.27. The molecule has 0 aliphatic heterocycles. The van der Waals surface area contributed by atoms with E-state index in [1.54, 1.807) is 10.6 Å². The van der Waals surface area contributed by atoms with Crippen LogP contribution in [0.1, 0.15) is 31.9 Å². The van der Waals surface area contributed by atoms with Gasteiger partial charge in [-0.3, -0.25) is 9.36 Å². The molecule has 0 N–H and O–H groups in total. The van der Waals surface area contributed by atoms with Crippen LogP contribution < -0.4 is 5.56 Å². The zero-order valence-electron chi connectivity index (χ0n) is 13.3. The summed E-state index contributed by atoms with van der Waals surface area (Å²) < 4.78 is 15.6. The van der Waals surface area contributed by atoms with Crippen LogP contribution in [0.2, 0.25) is 5.02 Å². The first-order valence-corrected chi connectivity index (χ1v) is 9.82. The average Bonchev–Trinajstić information content (AvgIpc) is 3.02. The van der Waals surface area contributed by atoms with E-state index in [2.05, 4.69) is 4.98 Å². The van der Waals surface area contributed by atoms with Gasteiger partial charge in [-0.05, 0) is 42.5 Å². The molecular formula is C17H16ClFN2OS2. The van der Waals surface area contributed by atoms with E-state index in [0.29, 0.717) is 20.6 Å². The first-order valence-electron chi connectivity index (χ1n) is 7.57. The lowest BCUT2D eigenvalue weighted by Gasteiger charge is -2.17. The number of rotatable bonds is 5. The summed E-state index contributed by atoms with van der Waals surface area (Å²) in [5.74, 6) is 0.167. The van der Waals surface area contributed by atoms with Gasteiger partial charge in [-0.2, -0.15) is 0 Å². The number of thioether (sulfide) groups is 1. The number of aromatic nitrogens is 2. The molecule has 0 aliphatic rings. The zero-order valence-corrected chi connectivity index (χ0v) is 15.6. The minimum absolute atomic E-state index is 0.00273. The van der Waals surface area contributed by atoms with Gasteiger partial charge in [-0.25, -0.2) is 9.37 Å². The van der Waals surface area contributed by atoms with Crippen LogP contribution in [0.25, 0.3) is 10.2 Å². The normalized spacial score (nSPS) is 12.7. The standard InChI is InChI=1S/C17H16ClFN2OS2/c1-3-10(2)21-16(22)15-14(6-7-23-15)20-17(21)24-9-11-4-5-12(19)8-13(11)18/h4-8,10H,3,9H2,1-2H3/t10-/m0/s1. The van der Waals surface area contributed by atoms with Crippen molar-refractivity contribution in [2.75, 3.05) is 0 Å². The fourth-order valence-electron chi connectivity index (χ4n) is 2.36. The van der Waals surface area contributed by atoms with E-state index in [1.807, 2.05) is 25.3 Å². The Kier molecular flexibility index (Phi) is 5.27. The van der Waals surface area contributed by atoms with E-state index in [9.17, 15) is 9.18 Å². The van der Waals surface area contributed by atoms with Crippen LogP contribution in [-0.4, -0.2) is 9.55 Å². The summed E-state index contributed by atoms with van der Waals surface area (Å²) >= 11 is 8.95. The lowest BCUT2D eigenvalue weighted by Crippen LogP contribution is -2.25. The Morgan fingerprint density at radius 1 is 1.42 bits per heavy atom. The minimum atomic E-state index is -0.358. The van der Waals surface area contributed by atoms with Gasteiger partial charge in [-0.1, -0.05) is 36.4 Å². The molecule has 0 fully saturated rings. The fraction of sp³-hybridized carbons (Fsp3) is 0.294. The molecule has 3 rings (SSSR count). The summed E-state index contributed by atoms with van der Waals surface area (Å²) in [5, 5.41) is 2.93. The molecular weight excluding hydrogens is 367 g/mol. The Bertz CT molecular complexity index is 938. The average molecular weight is 383 g/mol. The first kappa shape index (κ1) is 17.5. The molecule has 0 bridgehead atoms. The second kappa shape index (κ2) is 7.25. The summed E-state index contributed by atoms with van der Waals surface area (Å²) in [4.78, 5) is 17.4. The van der Waals surface area contributed by atoms with Gasteiger partial charge in [0.15, 0.2) is 5.16 Å². The van der Waals surface area contributed by atoms with Crippen LogP contribution in [0.3, 0.4) is 0 Å². The highest BCUT2D eigenvalue weighted by atomic mass is 35.5. The molecule has 0 radical (unpaired) electrons.